The van der Waals surface area contributed by atoms with E-state index in [0.717, 1.165) is 23.4 Å². The summed E-state index contributed by atoms with van der Waals surface area (Å²) in [5.74, 6) is 0.555. The van der Waals surface area contributed by atoms with Gasteiger partial charge in [-0.1, -0.05) is 41.9 Å². The van der Waals surface area contributed by atoms with Crippen LogP contribution in [0.25, 0.3) is 0 Å². The van der Waals surface area contributed by atoms with E-state index in [4.69, 9.17) is 21.1 Å². The summed E-state index contributed by atoms with van der Waals surface area (Å²) in [6.07, 6.45) is -0.510. The third-order valence-corrected chi connectivity index (χ3v) is 4.49. The molecule has 2 aromatic carbocycles. The fourth-order valence-corrected chi connectivity index (χ4v) is 3.08. The number of hydrogen-bond acceptors (Lipinski definition) is 4. The van der Waals surface area contributed by atoms with E-state index in [-0.39, 0.29) is 24.4 Å². The second-order valence-corrected chi connectivity index (χ2v) is 6.21. The van der Waals surface area contributed by atoms with Gasteiger partial charge in [0.2, 0.25) is 0 Å². The first-order valence-corrected chi connectivity index (χ1v) is 8.58. The molecule has 2 unspecified atom stereocenters. The van der Waals surface area contributed by atoms with Crippen LogP contribution in [0.4, 0.5) is 0 Å². The third-order valence-electron chi connectivity index (χ3n) is 4.15. The minimum Gasteiger partial charge on any atom is -0.497 e. The molecule has 0 bridgehead atoms. The lowest BCUT2D eigenvalue weighted by Gasteiger charge is -2.27. The number of benzene rings is 2. The number of nitrogens with one attached hydrogen (secondary N) is 2. The van der Waals surface area contributed by atoms with Crippen LogP contribution in [0.1, 0.15) is 17.2 Å². The molecule has 2 atom stereocenters. The Bertz CT molecular complexity index is 736. The maximum absolute atomic E-state index is 12.7. The number of carbonyl (C=O) groups excluding carboxylic acids is 1. The molecule has 26 heavy (non-hydrogen) atoms. The minimum absolute atomic E-state index is 0. The summed E-state index contributed by atoms with van der Waals surface area (Å²) >= 11 is 6.39. The molecule has 1 heterocycles. The Morgan fingerprint density at radius 3 is 2.81 bits per heavy atom. The van der Waals surface area contributed by atoms with Gasteiger partial charge in [0.15, 0.2) is 0 Å². The minimum atomic E-state index is -0.510. The van der Waals surface area contributed by atoms with E-state index in [1.54, 1.807) is 7.11 Å². The molecule has 3 rings (SSSR count). The monoisotopic (exact) mass is 396 g/mol. The second kappa shape index (κ2) is 9.78. The SMILES string of the molecule is COc1cccc(C(NC(=O)C2CNCCO2)c2ccccc2Cl)c1.Cl. The van der Waals surface area contributed by atoms with Gasteiger partial charge in [0, 0.05) is 18.1 Å². The highest BCUT2D eigenvalue weighted by Gasteiger charge is 2.26. The van der Waals surface area contributed by atoms with Gasteiger partial charge in [0.1, 0.15) is 11.9 Å². The van der Waals surface area contributed by atoms with E-state index < -0.39 is 6.10 Å². The summed E-state index contributed by atoms with van der Waals surface area (Å²) in [4.78, 5) is 12.7. The molecule has 5 nitrogen and oxygen atoms in total. The number of carbonyl (C=O) groups is 1. The molecule has 1 saturated heterocycles. The molecule has 0 aromatic heterocycles. The molecule has 140 valence electrons. The highest BCUT2D eigenvalue weighted by atomic mass is 35.5. The van der Waals surface area contributed by atoms with Gasteiger partial charge in [-0.15, -0.1) is 12.4 Å². The van der Waals surface area contributed by atoms with Gasteiger partial charge in [-0.3, -0.25) is 4.79 Å². The van der Waals surface area contributed by atoms with E-state index in [9.17, 15) is 4.79 Å². The van der Waals surface area contributed by atoms with E-state index in [0.29, 0.717) is 18.2 Å². The quantitative estimate of drug-likeness (QED) is 0.815. The average Bonchev–Trinajstić information content (AvgIpc) is 2.67. The Labute approximate surface area is 164 Å². The Balaban J connectivity index is 0.00000243. The molecule has 1 amide bonds. The van der Waals surface area contributed by atoms with Gasteiger partial charge in [-0.2, -0.15) is 0 Å². The van der Waals surface area contributed by atoms with Gasteiger partial charge < -0.3 is 20.1 Å². The first kappa shape index (κ1) is 20.5. The van der Waals surface area contributed by atoms with Gasteiger partial charge in [0.05, 0.1) is 19.8 Å². The number of hydrogen-bond donors (Lipinski definition) is 2. The summed E-state index contributed by atoms with van der Waals surface area (Å²) in [6.45, 7) is 1.78. The largest absolute Gasteiger partial charge is 0.497 e. The molecule has 1 fully saturated rings. The second-order valence-electron chi connectivity index (χ2n) is 5.80. The van der Waals surface area contributed by atoms with Crippen LogP contribution in [0.3, 0.4) is 0 Å². The number of morpholine rings is 1. The lowest BCUT2D eigenvalue weighted by Crippen LogP contribution is -2.48. The number of methoxy groups -OCH3 is 1. The maximum atomic E-state index is 12.7. The van der Waals surface area contributed by atoms with Crippen molar-refractivity contribution in [3.63, 3.8) is 0 Å². The number of halogens is 2. The lowest BCUT2D eigenvalue weighted by molar-refractivity contribution is -0.134. The molecule has 1 aliphatic heterocycles. The molecule has 0 aliphatic carbocycles. The molecular formula is C19H22Cl2N2O3. The molecular weight excluding hydrogens is 375 g/mol. The zero-order valence-corrected chi connectivity index (χ0v) is 16.0. The van der Waals surface area contributed by atoms with Crippen molar-refractivity contribution in [1.82, 2.24) is 10.6 Å². The smallest absolute Gasteiger partial charge is 0.251 e. The standard InChI is InChI=1S/C19H21ClN2O3.ClH/c1-24-14-6-4-5-13(11-14)18(15-7-2-3-8-16(15)20)22-19(23)17-12-21-9-10-25-17;/h2-8,11,17-18,21H,9-10,12H2,1H3,(H,22,23);1H. The average molecular weight is 397 g/mol. The fraction of sp³-hybridized carbons (Fsp3) is 0.316. The predicted molar refractivity (Wildman–Crippen MR) is 104 cm³/mol. The van der Waals surface area contributed by atoms with E-state index in [1.807, 2.05) is 48.5 Å². The summed E-state index contributed by atoms with van der Waals surface area (Å²) in [5.41, 5.74) is 1.72. The van der Waals surface area contributed by atoms with Gasteiger partial charge in [0.25, 0.3) is 5.91 Å². The molecule has 2 N–H and O–H groups in total. The van der Waals surface area contributed by atoms with Crippen molar-refractivity contribution in [3.8, 4) is 5.75 Å². The van der Waals surface area contributed by atoms with Gasteiger partial charge >= 0.3 is 0 Å². The fourth-order valence-electron chi connectivity index (χ4n) is 2.84. The van der Waals surface area contributed by atoms with E-state index in [2.05, 4.69) is 10.6 Å². The lowest BCUT2D eigenvalue weighted by atomic mass is 9.98. The topological polar surface area (TPSA) is 59.6 Å². The molecule has 1 aliphatic rings. The highest BCUT2D eigenvalue weighted by Crippen LogP contribution is 2.30. The third kappa shape index (κ3) is 4.89. The van der Waals surface area contributed by atoms with Crippen molar-refractivity contribution in [2.45, 2.75) is 12.1 Å². The number of rotatable bonds is 5. The molecule has 0 saturated carbocycles. The molecule has 0 spiro atoms. The van der Waals surface area contributed by atoms with Crippen molar-refractivity contribution < 1.29 is 14.3 Å². The Morgan fingerprint density at radius 2 is 2.12 bits per heavy atom. The van der Waals surface area contributed by atoms with Crippen LogP contribution < -0.4 is 15.4 Å². The van der Waals surface area contributed by atoms with Crippen LogP contribution in [0, 0.1) is 0 Å². The zero-order chi connectivity index (χ0) is 17.6. The van der Waals surface area contributed by atoms with Crippen molar-refractivity contribution >= 4 is 29.9 Å². The van der Waals surface area contributed by atoms with Crippen LogP contribution in [-0.4, -0.2) is 38.8 Å². The van der Waals surface area contributed by atoms with Crippen LogP contribution >= 0.6 is 24.0 Å². The predicted octanol–water partition coefficient (Wildman–Crippen LogP) is 2.96. The normalized spacial score (nSPS) is 17.7. The molecule has 2 aromatic rings. The van der Waals surface area contributed by atoms with Crippen LogP contribution in [0.15, 0.2) is 48.5 Å². The van der Waals surface area contributed by atoms with Gasteiger partial charge in [-0.05, 0) is 29.3 Å². The summed E-state index contributed by atoms with van der Waals surface area (Å²) < 4.78 is 10.9. The van der Waals surface area contributed by atoms with Crippen molar-refractivity contribution in [2.75, 3.05) is 26.8 Å². The Hall–Kier alpha value is -1.79. The van der Waals surface area contributed by atoms with E-state index >= 15 is 0 Å². The first-order valence-electron chi connectivity index (χ1n) is 8.20. The van der Waals surface area contributed by atoms with Crippen molar-refractivity contribution in [3.05, 3.63) is 64.7 Å². The van der Waals surface area contributed by atoms with Crippen LogP contribution in [0.5, 0.6) is 5.75 Å². The summed E-state index contributed by atoms with van der Waals surface area (Å²) in [5, 5.41) is 6.83. The maximum Gasteiger partial charge on any atom is 0.251 e. The van der Waals surface area contributed by atoms with E-state index in [1.165, 1.54) is 0 Å². The first-order chi connectivity index (χ1) is 12.2. The number of amides is 1. The summed E-state index contributed by atoms with van der Waals surface area (Å²) in [6, 6.07) is 14.7. The van der Waals surface area contributed by atoms with Crippen molar-refractivity contribution in [2.24, 2.45) is 0 Å². The Kier molecular flexibility index (Phi) is 7.72. The summed E-state index contributed by atoms with van der Waals surface area (Å²) in [7, 11) is 1.61. The highest BCUT2D eigenvalue weighted by molar-refractivity contribution is 6.31. The molecule has 7 heteroatoms. The van der Waals surface area contributed by atoms with Gasteiger partial charge in [-0.25, -0.2) is 0 Å². The van der Waals surface area contributed by atoms with Crippen LogP contribution in [-0.2, 0) is 9.53 Å². The molecule has 0 radical (unpaired) electrons. The van der Waals surface area contributed by atoms with Crippen LogP contribution in [0.2, 0.25) is 5.02 Å². The Morgan fingerprint density at radius 1 is 1.31 bits per heavy atom. The number of ether oxygens (including phenoxy) is 2. The van der Waals surface area contributed by atoms with Crippen molar-refractivity contribution in [1.29, 1.82) is 0 Å². The zero-order valence-electron chi connectivity index (χ0n) is 14.4.